The summed E-state index contributed by atoms with van der Waals surface area (Å²) in [5, 5.41) is 10.5. The number of hydrogen-bond donors (Lipinski definition) is 1. The zero-order chi connectivity index (χ0) is 10.7. The Morgan fingerprint density at radius 1 is 1.64 bits per heavy atom. The predicted octanol–water partition coefficient (Wildman–Crippen LogP) is 1.70. The maximum atomic E-state index is 11.1. The van der Waals surface area contributed by atoms with Crippen LogP contribution in [0.3, 0.4) is 0 Å². The minimum absolute atomic E-state index is 0.397. The van der Waals surface area contributed by atoms with E-state index in [0.29, 0.717) is 5.69 Å². The number of H-pyrrole nitrogens is 1. The number of aryl methyl sites for hydroxylation is 1. The van der Waals surface area contributed by atoms with Crippen LogP contribution < -0.4 is 5.56 Å². The lowest BCUT2D eigenvalue weighted by atomic mass is 10.3. The quantitative estimate of drug-likeness (QED) is 0.472. The van der Waals surface area contributed by atoms with Crippen molar-refractivity contribution >= 4 is 17.4 Å². The van der Waals surface area contributed by atoms with E-state index in [1.54, 1.807) is 6.92 Å². The van der Waals surface area contributed by atoms with Crippen LogP contribution >= 0.6 is 11.8 Å². The van der Waals surface area contributed by atoms with Crippen LogP contribution in [-0.4, -0.2) is 15.7 Å². The highest BCUT2D eigenvalue weighted by atomic mass is 32.2. The Hall–Kier alpha value is -1.30. The Bertz CT molecular complexity index is 414. The summed E-state index contributed by atoms with van der Waals surface area (Å²) in [7, 11) is 0. The van der Waals surface area contributed by atoms with E-state index < -0.39 is 16.2 Å². The van der Waals surface area contributed by atoms with E-state index in [9.17, 15) is 14.9 Å². The fraction of sp³-hybridized carbons (Fsp3) is 0.375. The number of pyridine rings is 1. The molecule has 0 saturated heterocycles. The summed E-state index contributed by atoms with van der Waals surface area (Å²) in [5.74, 6) is 0.810. The molecular weight excluding hydrogens is 204 g/mol. The third-order valence-electron chi connectivity index (χ3n) is 1.67. The first-order valence-corrected chi connectivity index (χ1v) is 5.06. The molecule has 76 valence electrons. The monoisotopic (exact) mass is 214 g/mol. The van der Waals surface area contributed by atoms with Gasteiger partial charge in [-0.25, -0.2) is 0 Å². The summed E-state index contributed by atoms with van der Waals surface area (Å²) >= 11 is 1.47. The number of hydrogen-bond acceptors (Lipinski definition) is 4. The van der Waals surface area contributed by atoms with Crippen LogP contribution in [0.4, 0.5) is 5.69 Å². The van der Waals surface area contributed by atoms with E-state index in [4.69, 9.17) is 0 Å². The third-order valence-corrected chi connectivity index (χ3v) is 2.69. The molecule has 14 heavy (non-hydrogen) atoms. The van der Waals surface area contributed by atoms with Gasteiger partial charge in [0.25, 0.3) is 0 Å². The van der Waals surface area contributed by atoms with Gasteiger partial charge in [0.1, 0.15) is 0 Å². The van der Waals surface area contributed by atoms with Crippen LogP contribution in [0.15, 0.2) is 15.8 Å². The van der Waals surface area contributed by atoms with Gasteiger partial charge in [-0.15, -0.1) is 11.8 Å². The molecule has 0 radical (unpaired) electrons. The predicted molar refractivity (Wildman–Crippen MR) is 54.9 cm³/mol. The van der Waals surface area contributed by atoms with Crippen molar-refractivity contribution in [1.82, 2.24) is 4.98 Å². The highest BCUT2D eigenvalue weighted by Gasteiger charge is 2.14. The minimum Gasteiger partial charge on any atom is -0.319 e. The van der Waals surface area contributed by atoms with Crippen molar-refractivity contribution in [2.75, 3.05) is 5.75 Å². The zero-order valence-corrected chi connectivity index (χ0v) is 8.68. The zero-order valence-electron chi connectivity index (χ0n) is 7.86. The molecule has 0 bridgehead atoms. The lowest BCUT2D eigenvalue weighted by molar-refractivity contribution is -0.386. The van der Waals surface area contributed by atoms with Crippen LogP contribution in [0.2, 0.25) is 0 Å². The average Bonchev–Trinajstić information content (AvgIpc) is 2.09. The Labute approximate surface area is 84.7 Å². The van der Waals surface area contributed by atoms with Crippen molar-refractivity contribution in [2.45, 2.75) is 18.7 Å². The normalized spacial score (nSPS) is 10.1. The Morgan fingerprint density at radius 3 is 2.79 bits per heavy atom. The number of aromatic nitrogens is 1. The molecule has 0 aliphatic rings. The maximum absolute atomic E-state index is 11.1. The van der Waals surface area contributed by atoms with E-state index in [2.05, 4.69) is 4.98 Å². The molecule has 0 amide bonds. The second-order valence-electron chi connectivity index (χ2n) is 2.66. The van der Waals surface area contributed by atoms with E-state index in [1.807, 2.05) is 6.92 Å². The number of aromatic amines is 1. The van der Waals surface area contributed by atoms with Crippen molar-refractivity contribution in [3.8, 4) is 0 Å². The largest absolute Gasteiger partial charge is 0.335 e. The fourth-order valence-electron chi connectivity index (χ4n) is 1.03. The summed E-state index contributed by atoms with van der Waals surface area (Å²) in [5.41, 5.74) is -0.369. The van der Waals surface area contributed by atoms with Gasteiger partial charge in [0.15, 0.2) is 0 Å². The van der Waals surface area contributed by atoms with Gasteiger partial charge in [0.2, 0.25) is 0 Å². The molecule has 0 unspecified atom stereocenters. The van der Waals surface area contributed by atoms with Crippen LogP contribution in [0.5, 0.6) is 0 Å². The molecule has 1 rings (SSSR count). The molecule has 0 aliphatic heterocycles. The van der Waals surface area contributed by atoms with Crippen LogP contribution in [0.25, 0.3) is 0 Å². The lowest BCUT2D eigenvalue weighted by Gasteiger charge is -2.02. The summed E-state index contributed by atoms with van der Waals surface area (Å²) in [4.78, 5) is 24.1. The van der Waals surface area contributed by atoms with E-state index >= 15 is 0 Å². The van der Waals surface area contributed by atoms with Gasteiger partial charge < -0.3 is 4.98 Å². The van der Waals surface area contributed by atoms with Crippen molar-refractivity contribution in [1.29, 1.82) is 0 Å². The van der Waals surface area contributed by atoms with Gasteiger partial charge in [-0.3, -0.25) is 14.9 Å². The molecule has 0 atom stereocenters. The second-order valence-corrected chi connectivity index (χ2v) is 3.97. The first-order chi connectivity index (χ1) is 6.56. The molecule has 0 fully saturated rings. The standard InChI is InChI=1S/C8H10N2O3S/c1-3-14-7-4-6(10(12)13)8(11)9-5(7)2/h4H,3H2,1-2H3,(H,9,11). The topological polar surface area (TPSA) is 76.0 Å². The SMILES string of the molecule is CCSc1cc([N+](=O)[O-])c(=O)[nH]c1C. The molecule has 0 aromatic carbocycles. The van der Waals surface area contributed by atoms with Gasteiger partial charge >= 0.3 is 11.2 Å². The van der Waals surface area contributed by atoms with E-state index in [-0.39, 0.29) is 0 Å². The molecule has 1 aromatic heterocycles. The van der Waals surface area contributed by atoms with Gasteiger partial charge in [0, 0.05) is 16.7 Å². The van der Waals surface area contributed by atoms with Gasteiger partial charge in [0.05, 0.1) is 4.92 Å². The summed E-state index contributed by atoms with van der Waals surface area (Å²) in [6.45, 7) is 3.67. The molecule has 1 N–H and O–H groups in total. The van der Waals surface area contributed by atoms with E-state index in [1.165, 1.54) is 17.8 Å². The highest BCUT2D eigenvalue weighted by Crippen LogP contribution is 2.22. The first-order valence-electron chi connectivity index (χ1n) is 4.07. The van der Waals surface area contributed by atoms with Gasteiger partial charge in [-0.2, -0.15) is 0 Å². The van der Waals surface area contributed by atoms with Crippen molar-refractivity contribution in [3.63, 3.8) is 0 Å². The van der Waals surface area contributed by atoms with Gasteiger partial charge in [-0.05, 0) is 12.7 Å². The lowest BCUT2D eigenvalue weighted by Crippen LogP contribution is -2.12. The van der Waals surface area contributed by atoms with Crippen LogP contribution in [-0.2, 0) is 0 Å². The van der Waals surface area contributed by atoms with Crippen LogP contribution in [0.1, 0.15) is 12.6 Å². The average molecular weight is 214 g/mol. The third kappa shape index (κ3) is 2.14. The number of nitrogens with zero attached hydrogens (tertiary/aromatic N) is 1. The highest BCUT2D eigenvalue weighted by molar-refractivity contribution is 7.99. The summed E-state index contributed by atoms with van der Waals surface area (Å²) < 4.78 is 0. The molecule has 6 heteroatoms. The van der Waals surface area contributed by atoms with E-state index in [0.717, 1.165) is 10.6 Å². The van der Waals surface area contributed by atoms with Crippen molar-refractivity contribution in [2.24, 2.45) is 0 Å². The number of nitro groups is 1. The summed E-state index contributed by atoms with van der Waals surface area (Å²) in [6, 6.07) is 1.32. The molecule has 1 heterocycles. The number of nitrogens with one attached hydrogen (secondary N) is 1. The Kier molecular flexibility index (Phi) is 3.29. The minimum atomic E-state index is -0.669. The number of thioether (sulfide) groups is 1. The number of rotatable bonds is 3. The summed E-state index contributed by atoms with van der Waals surface area (Å²) in [6.07, 6.45) is 0. The Morgan fingerprint density at radius 2 is 2.29 bits per heavy atom. The van der Waals surface area contributed by atoms with Crippen molar-refractivity contribution in [3.05, 3.63) is 32.2 Å². The molecule has 1 aromatic rings. The van der Waals surface area contributed by atoms with Gasteiger partial charge in [-0.1, -0.05) is 6.92 Å². The van der Waals surface area contributed by atoms with Crippen LogP contribution in [0, 0.1) is 17.0 Å². The Balaban J connectivity index is 3.27. The maximum Gasteiger partial charge on any atom is 0.335 e. The first kappa shape index (κ1) is 10.8. The molecule has 5 nitrogen and oxygen atoms in total. The van der Waals surface area contributed by atoms with Crippen molar-refractivity contribution < 1.29 is 4.92 Å². The molecule has 0 saturated carbocycles. The second kappa shape index (κ2) is 4.28. The fourth-order valence-corrected chi connectivity index (χ4v) is 1.81. The molecule has 0 aliphatic carbocycles. The smallest absolute Gasteiger partial charge is 0.319 e. The molecular formula is C8H10N2O3S. The molecule has 0 spiro atoms.